The van der Waals surface area contributed by atoms with Gasteiger partial charge in [0.05, 0.1) is 22.2 Å². The Morgan fingerprint density at radius 1 is 1.15 bits per heavy atom. The number of carbonyl (C=O) groups is 1. The minimum absolute atomic E-state index is 0.191. The third-order valence-electron chi connectivity index (χ3n) is 2.75. The molecule has 20 heavy (non-hydrogen) atoms. The first-order chi connectivity index (χ1) is 9.47. The van der Waals surface area contributed by atoms with Gasteiger partial charge in [0.15, 0.2) is 0 Å². The lowest BCUT2D eigenvalue weighted by Crippen LogP contribution is -2.08. The molecule has 1 amide bonds. The molecule has 104 valence electrons. The average molecular weight is 288 g/mol. The van der Waals surface area contributed by atoms with Crippen molar-refractivity contribution < 1.29 is 9.00 Å². The van der Waals surface area contributed by atoms with Crippen LogP contribution in [0.5, 0.6) is 0 Å². The van der Waals surface area contributed by atoms with Crippen LogP contribution in [0.4, 0.5) is 11.4 Å². The van der Waals surface area contributed by atoms with E-state index in [4.69, 9.17) is 5.73 Å². The molecule has 0 saturated heterocycles. The fraction of sp³-hybridized carbons (Fsp3) is 0.133. The monoisotopic (exact) mass is 288 g/mol. The number of carbonyl (C=O) groups excluding carboxylic acids is 1. The molecule has 0 fully saturated rings. The molecule has 0 aromatic heterocycles. The van der Waals surface area contributed by atoms with Gasteiger partial charge in [-0.05, 0) is 42.8 Å². The van der Waals surface area contributed by atoms with Gasteiger partial charge >= 0.3 is 0 Å². The first-order valence-electron chi connectivity index (χ1n) is 6.13. The second kappa shape index (κ2) is 5.88. The van der Waals surface area contributed by atoms with Crippen molar-refractivity contribution in [1.82, 2.24) is 0 Å². The highest BCUT2D eigenvalue weighted by atomic mass is 32.2. The van der Waals surface area contributed by atoms with E-state index in [1.807, 2.05) is 31.2 Å². The quantitative estimate of drug-likeness (QED) is 0.853. The van der Waals surface area contributed by atoms with Crippen LogP contribution in [0.2, 0.25) is 0 Å². The van der Waals surface area contributed by atoms with Gasteiger partial charge in [-0.25, -0.2) is 4.21 Å². The van der Waals surface area contributed by atoms with Crippen molar-refractivity contribution in [2.45, 2.75) is 23.6 Å². The van der Waals surface area contributed by atoms with Crippen molar-refractivity contribution >= 4 is 28.1 Å². The summed E-state index contributed by atoms with van der Waals surface area (Å²) >= 11 is 0. The van der Waals surface area contributed by atoms with Crippen LogP contribution < -0.4 is 11.1 Å². The molecule has 3 N–H and O–H groups in total. The number of nitrogens with one attached hydrogen (secondary N) is 1. The molecule has 1 atom stereocenters. The Morgan fingerprint density at radius 3 is 2.45 bits per heavy atom. The van der Waals surface area contributed by atoms with E-state index >= 15 is 0 Å². The molecule has 0 saturated carbocycles. The highest BCUT2D eigenvalue weighted by Crippen LogP contribution is 2.24. The van der Waals surface area contributed by atoms with Gasteiger partial charge in [0, 0.05) is 16.7 Å². The summed E-state index contributed by atoms with van der Waals surface area (Å²) in [4.78, 5) is 12.4. The summed E-state index contributed by atoms with van der Waals surface area (Å²) in [6.45, 7) is 3.37. The van der Waals surface area contributed by atoms with E-state index < -0.39 is 10.8 Å². The molecule has 2 aromatic carbocycles. The van der Waals surface area contributed by atoms with Gasteiger partial charge in [0.2, 0.25) is 5.91 Å². The second-order valence-electron chi connectivity index (χ2n) is 4.52. The molecule has 0 aliphatic rings. The Kier molecular flexibility index (Phi) is 4.20. The third kappa shape index (κ3) is 3.24. The van der Waals surface area contributed by atoms with Crippen molar-refractivity contribution in [3.8, 4) is 0 Å². The summed E-state index contributed by atoms with van der Waals surface area (Å²) in [6.07, 6.45) is 0. The molecule has 4 nitrogen and oxygen atoms in total. The smallest absolute Gasteiger partial charge is 0.221 e. The molecule has 2 aromatic rings. The van der Waals surface area contributed by atoms with E-state index in [1.165, 1.54) is 6.92 Å². The molecular formula is C15H16N2O2S. The molecule has 0 bridgehead atoms. The molecule has 0 spiro atoms. The zero-order valence-electron chi connectivity index (χ0n) is 11.3. The van der Waals surface area contributed by atoms with Gasteiger partial charge in [-0.1, -0.05) is 12.1 Å². The number of amides is 1. The van der Waals surface area contributed by atoms with Gasteiger partial charge in [0.25, 0.3) is 0 Å². The maximum absolute atomic E-state index is 12.5. The van der Waals surface area contributed by atoms with Gasteiger partial charge < -0.3 is 11.1 Å². The number of benzene rings is 2. The number of hydrogen-bond acceptors (Lipinski definition) is 3. The SMILES string of the molecule is CC(=O)Nc1ccc(S(=O)c2cccc(C)c2)cc1N. The van der Waals surface area contributed by atoms with Crippen molar-refractivity contribution in [2.75, 3.05) is 11.1 Å². The predicted octanol–water partition coefficient (Wildman–Crippen LogP) is 2.70. The molecular weight excluding hydrogens is 272 g/mol. The van der Waals surface area contributed by atoms with Crippen molar-refractivity contribution in [2.24, 2.45) is 0 Å². The van der Waals surface area contributed by atoms with Crippen molar-refractivity contribution in [3.63, 3.8) is 0 Å². The average Bonchev–Trinajstić information content (AvgIpc) is 2.40. The summed E-state index contributed by atoms with van der Waals surface area (Å²) in [6, 6.07) is 12.5. The minimum atomic E-state index is -1.28. The van der Waals surface area contributed by atoms with E-state index in [1.54, 1.807) is 18.2 Å². The Labute approximate surface area is 120 Å². The van der Waals surface area contributed by atoms with E-state index in [9.17, 15) is 9.00 Å². The minimum Gasteiger partial charge on any atom is -0.397 e. The zero-order valence-corrected chi connectivity index (χ0v) is 12.2. The largest absolute Gasteiger partial charge is 0.397 e. The lowest BCUT2D eigenvalue weighted by Gasteiger charge is -2.09. The lowest BCUT2D eigenvalue weighted by molar-refractivity contribution is -0.114. The molecule has 1 unspecified atom stereocenters. The Balaban J connectivity index is 2.32. The molecule has 5 heteroatoms. The van der Waals surface area contributed by atoms with E-state index in [-0.39, 0.29) is 5.91 Å². The number of rotatable bonds is 3. The van der Waals surface area contributed by atoms with E-state index in [0.29, 0.717) is 16.3 Å². The maximum Gasteiger partial charge on any atom is 0.221 e. The van der Waals surface area contributed by atoms with Crippen LogP contribution >= 0.6 is 0 Å². The second-order valence-corrected chi connectivity index (χ2v) is 6.00. The third-order valence-corrected chi connectivity index (χ3v) is 4.12. The van der Waals surface area contributed by atoms with Crippen molar-refractivity contribution in [1.29, 1.82) is 0 Å². The molecule has 0 heterocycles. The highest BCUT2D eigenvalue weighted by molar-refractivity contribution is 7.85. The molecule has 2 rings (SSSR count). The van der Waals surface area contributed by atoms with Crippen LogP contribution in [0.15, 0.2) is 52.3 Å². The molecule has 0 radical (unpaired) electrons. The normalized spacial score (nSPS) is 11.9. The number of anilines is 2. The van der Waals surface area contributed by atoms with E-state index in [2.05, 4.69) is 5.32 Å². The van der Waals surface area contributed by atoms with Crippen LogP contribution in [0.25, 0.3) is 0 Å². The van der Waals surface area contributed by atoms with Gasteiger partial charge in [-0.3, -0.25) is 4.79 Å². The first kappa shape index (κ1) is 14.3. The van der Waals surface area contributed by atoms with Crippen molar-refractivity contribution in [3.05, 3.63) is 48.0 Å². The van der Waals surface area contributed by atoms with Crippen LogP contribution in [0.1, 0.15) is 12.5 Å². The summed E-state index contributed by atoms with van der Waals surface area (Å²) in [5, 5.41) is 2.63. The van der Waals surface area contributed by atoms with E-state index in [0.717, 1.165) is 10.5 Å². The number of hydrogen-bond donors (Lipinski definition) is 2. The topological polar surface area (TPSA) is 72.2 Å². The summed E-state index contributed by atoms with van der Waals surface area (Å²) < 4.78 is 12.5. The standard InChI is InChI=1S/C15H16N2O2S/c1-10-4-3-5-12(8-10)20(19)13-6-7-15(14(16)9-13)17-11(2)18/h3-9H,16H2,1-2H3,(H,17,18). The van der Waals surface area contributed by atoms with Gasteiger partial charge in [-0.15, -0.1) is 0 Å². The fourth-order valence-electron chi connectivity index (χ4n) is 1.83. The summed E-state index contributed by atoms with van der Waals surface area (Å²) in [7, 11) is -1.28. The Morgan fingerprint density at radius 2 is 1.85 bits per heavy atom. The lowest BCUT2D eigenvalue weighted by atomic mass is 10.2. The summed E-state index contributed by atoms with van der Waals surface area (Å²) in [5.74, 6) is -0.191. The van der Waals surface area contributed by atoms with Crippen LogP contribution in [0.3, 0.4) is 0 Å². The highest BCUT2D eigenvalue weighted by Gasteiger charge is 2.10. The molecule has 0 aliphatic carbocycles. The number of nitrogens with two attached hydrogens (primary N) is 1. The van der Waals surface area contributed by atoms with Crippen LogP contribution in [-0.4, -0.2) is 10.1 Å². The Bertz CT molecular complexity index is 683. The Hall–Kier alpha value is -2.14. The predicted molar refractivity (Wildman–Crippen MR) is 81.0 cm³/mol. The number of aryl methyl sites for hydroxylation is 1. The zero-order chi connectivity index (χ0) is 14.7. The van der Waals surface area contributed by atoms with Crippen LogP contribution in [0, 0.1) is 6.92 Å². The number of nitrogen functional groups attached to an aromatic ring is 1. The van der Waals surface area contributed by atoms with Crippen LogP contribution in [-0.2, 0) is 15.6 Å². The maximum atomic E-state index is 12.5. The van der Waals surface area contributed by atoms with Gasteiger partial charge in [-0.2, -0.15) is 0 Å². The summed E-state index contributed by atoms with van der Waals surface area (Å²) in [5.41, 5.74) is 7.85. The first-order valence-corrected chi connectivity index (χ1v) is 7.28. The fourth-order valence-corrected chi connectivity index (χ4v) is 3.02. The molecule has 0 aliphatic heterocycles. The van der Waals surface area contributed by atoms with Gasteiger partial charge in [0.1, 0.15) is 0 Å².